The van der Waals surface area contributed by atoms with Gasteiger partial charge in [0.05, 0.1) is 5.54 Å². The summed E-state index contributed by atoms with van der Waals surface area (Å²) in [6, 6.07) is -0.000648. The molecule has 90 valence electrons. The third kappa shape index (κ3) is 2.23. The SMILES string of the molecule is CC1=CC(C)(N)C(N)C(C2CCCCC2)=C1. The summed E-state index contributed by atoms with van der Waals surface area (Å²) in [5.74, 6) is 0.676. The number of rotatable bonds is 1. The van der Waals surface area contributed by atoms with Gasteiger partial charge in [-0.2, -0.15) is 0 Å². The Labute approximate surface area is 98.8 Å². The lowest BCUT2D eigenvalue weighted by Crippen LogP contribution is -2.55. The number of nitrogens with two attached hydrogens (primary N) is 2. The Kier molecular flexibility index (Phi) is 3.22. The summed E-state index contributed by atoms with van der Waals surface area (Å²) in [6.07, 6.45) is 11.0. The van der Waals surface area contributed by atoms with Crippen molar-refractivity contribution in [2.75, 3.05) is 0 Å². The quantitative estimate of drug-likeness (QED) is 0.713. The van der Waals surface area contributed by atoms with Gasteiger partial charge in [0.2, 0.25) is 0 Å². The van der Waals surface area contributed by atoms with E-state index in [1.54, 1.807) is 0 Å². The van der Waals surface area contributed by atoms with Crippen LogP contribution in [0.1, 0.15) is 46.0 Å². The van der Waals surface area contributed by atoms with E-state index < -0.39 is 0 Å². The van der Waals surface area contributed by atoms with Gasteiger partial charge in [0.25, 0.3) is 0 Å². The number of hydrogen-bond acceptors (Lipinski definition) is 2. The van der Waals surface area contributed by atoms with Crippen LogP contribution in [0.2, 0.25) is 0 Å². The zero-order chi connectivity index (χ0) is 11.8. The van der Waals surface area contributed by atoms with Gasteiger partial charge in [-0.1, -0.05) is 37.0 Å². The molecule has 4 N–H and O–H groups in total. The summed E-state index contributed by atoms with van der Waals surface area (Å²) >= 11 is 0. The maximum Gasteiger partial charge on any atom is 0.0509 e. The molecule has 2 rings (SSSR count). The minimum absolute atomic E-state index is 0.000648. The van der Waals surface area contributed by atoms with Crippen LogP contribution in [0.5, 0.6) is 0 Å². The lowest BCUT2D eigenvalue weighted by molar-refractivity contribution is 0.360. The summed E-state index contributed by atoms with van der Waals surface area (Å²) in [4.78, 5) is 0. The predicted octanol–water partition coefficient (Wildman–Crippen LogP) is 2.50. The molecule has 0 amide bonds. The molecule has 0 radical (unpaired) electrons. The van der Waals surface area contributed by atoms with E-state index in [4.69, 9.17) is 11.5 Å². The fourth-order valence-electron chi connectivity index (χ4n) is 3.14. The van der Waals surface area contributed by atoms with E-state index in [1.807, 2.05) is 6.92 Å². The third-order valence-electron chi connectivity index (χ3n) is 4.04. The van der Waals surface area contributed by atoms with Gasteiger partial charge in [0.1, 0.15) is 0 Å². The van der Waals surface area contributed by atoms with Crippen molar-refractivity contribution in [3.8, 4) is 0 Å². The van der Waals surface area contributed by atoms with Crippen LogP contribution in [0.4, 0.5) is 0 Å². The van der Waals surface area contributed by atoms with Crippen molar-refractivity contribution < 1.29 is 0 Å². The van der Waals surface area contributed by atoms with E-state index in [1.165, 1.54) is 43.3 Å². The van der Waals surface area contributed by atoms with E-state index in [-0.39, 0.29) is 11.6 Å². The van der Waals surface area contributed by atoms with Crippen LogP contribution in [0.25, 0.3) is 0 Å². The summed E-state index contributed by atoms with van der Waals surface area (Å²) in [7, 11) is 0. The van der Waals surface area contributed by atoms with Crippen molar-refractivity contribution in [3.05, 3.63) is 23.3 Å². The molecule has 0 aromatic carbocycles. The zero-order valence-corrected chi connectivity index (χ0v) is 10.5. The van der Waals surface area contributed by atoms with Crippen molar-refractivity contribution in [2.24, 2.45) is 17.4 Å². The molecule has 0 heterocycles. The molecule has 2 aliphatic carbocycles. The molecule has 2 aliphatic rings. The second-order valence-electron chi connectivity index (χ2n) is 5.71. The molecule has 1 fully saturated rings. The van der Waals surface area contributed by atoms with Crippen LogP contribution in [0.15, 0.2) is 23.3 Å². The molecule has 0 aromatic heterocycles. The second kappa shape index (κ2) is 4.34. The lowest BCUT2D eigenvalue weighted by atomic mass is 9.72. The van der Waals surface area contributed by atoms with Crippen LogP contribution in [-0.4, -0.2) is 11.6 Å². The molecule has 2 unspecified atom stereocenters. The van der Waals surface area contributed by atoms with Crippen molar-refractivity contribution in [2.45, 2.75) is 57.5 Å². The Bertz CT molecular complexity index is 320. The van der Waals surface area contributed by atoms with Gasteiger partial charge >= 0.3 is 0 Å². The normalized spacial score (nSPS) is 36.9. The summed E-state index contributed by atoms with van der Waals surface area (Å²) in [6.45, 7) is 4.16. The van der Waals surface area contributed by atoms with Crippen molar-refractivity contribution in [3.63, 3.8) is 0 Å². The molecule has 1 saturated carbocycles. The van der Waals surface area contributed by atoms with E-state index in [0.29, 0.717) is 5.92 Å². The van der Waals surface area contributed by atoms with Gasteiger partial charge in [-0.25, -0.2) is 0 Å². The zero-order valence-electron chi connectivity index (χ0n) is 10.5. The average Bonchev–Trinajstić information content (AvgIpc) is 2.24. The topological polar surface area (TPSA) is 52.0 Å². The standard InChI is InChI=1S/C14H24N2/c1-10-8-12(11-6-4-3-5-7-11)13(15)14(2,16)9-10/h8-9,11,13H,3-7,15-16H2,1-2H3. The minimum atomic E-state index is -0.369. The van der Waals surface area contributed by atoms with Crippen LogP contribution in [0, 0.1) is 5.92 Å². The molecule has 0 aromatic rings. The molecule has 0 aliphatic heterocycles. The maximum absolute atomic E-state index is 6.31. The fraction of sp³-hybridized carbons (Fsp3) is 0.714. The third-order valence-corrected chi connectivity index (χ3v) is 4.04. The summed E-state index contributed by atoms with van der Waals surface area (Å²) in [5, 5.41) is 0. The first-order valence-electron chi connectivity index (χ1n) is 6.46. The van der Waals surface area contributed by atoms with Gasteiger partial charge in [-0.15, -0.1) is 0 Å². The van der Waals surface area contributed by atoms with Gasteiger partial charge < -0.3 is 11.5 Å². The summed E-state index contributed by atoms with van der Waals surface area (Å²) in [5.41, 5.74) is 14.9. The Balaban J connectivity index is 2.22. The van der Waals surface area contributed by atoms with Crippen molar-refractivity contribution in [1.82, 2.24) is 0 Å². The maximum atomic E-state index is 6.31. The second-order valence-corrected chi connectivity index (χ2v) is 5.71. The monoisotopic (exact) mass is 220 g/mol. The lowest BCUT2D eigenvalue weighted by Gasteiger charge is -2.38. The Hall–Kier alpha value is -0.600. The molecule has 0 spiro atoms. The number of hydrogen-bond donors (Lipinski definition) is 2. The molecular formula is C14H24N2. The molecule has 2 nitrogen and oxygen atoms in total. The molecule has 2 atom stereocenters. The van der Waals surface area contributed by atoms with Gasteiger partial charge in [-0.05, 0) is 38.2 Å². The number of allylic oxidation sites excluding steroid dienone is 2. The first-order chi connectivity index (χ1) is 7.50. The van der Waals surface area contributed by atoms with E-state index in [0.717, 1.165) is 0 Å². The fourth-order valence-corrected chi connectivity index (χ4v) is 3.14. The Morgan fingerprint density at radius 3 is 2.50 bits per heavy atom. The van der Waals surface area contributed by atoms with Crippen LogP contribution in [0.3, 0.4) is 0 Å². The van der Waals surface area contributed by atoms with Gasteiger partial charge in [0.15, 0.2) is 0 Å². The highest BCUT2D eigenvalue weighted by atomic mass is 14.8. The highest BCUT2D eigenvalue weighted by molar-refractivity contribution is 5.39. The van der Waals surface area contributed by atoms with Crippen molar-refractivity contribution in [1.29, 1.82) is 0 Å². The Morgan fingerprint density at radius 2 is 1.88 bits per heavy atom. The first-order valence-corrected chi connectivity index (χ1v) is 6.46. The molecule has 0 bridgehead atoms. The highest BCUT2D eigenvalue weighted by Crippen LogP contribution is 2.36. The molecule has 0 saturated heterocycles. The predicted molar refractivity (Wildman–Crippen MR) is 69.0 cm³/mol. The van der Waals surface area contributed by atoms with Gasteiger partial charge in [0, 0.05) is 6.04 Å². The van der Waals surface area contributed by atoms with E-state index in [9.17, 15) is 0 Å². The van der Waals surface area contributed by atoms with E-state index in [2.05, 4.69) is 19.1 Å². The van der Waals surface area contributed by atoms with E-state index >= 15 is 0 Å². The van der Waals surface area contributed by atoms with Crippen molar-refractivity contribution >= 4 is 0 Å². The largest absolute Gasteiger partial charge is 0.322 e. The van der Waals surface area contributed by atoms with Gasteiger partial charge in [-0.3, -0.25) is 0 Å². The Morgan fingerprint density at radius 1 is 1.25 bits per heavy atom. The minimum Gasteiger partial charge on any atom is -0.322 e. The molecular weight excluding hydrogens is 196 g/mol. The highest BCUT2D eigenvalue weighted by Gasteiger charge is 2.34. The van der Waals surface area contributed by atoms with Crippen LogP contribution < -0.4 is 11.5 Å². The average molecular weight is 220 g/mol. The first kappa shape index (κ1) is 11.9. The smallest absolute Gasteiger partial charge is 0.0509 e. The van der Waals surface area contributed by atoms with Crippen LogP contribution in [-0.2, 0) is 0 Å². The summed E-state index contributed by atoms with van der Waals surface area (Å²) < 4.78 is 0. The molecule has 16 heavy (non-hydrogen) atoms. The molecule has 2 heteroatoms. The van der Waals surface area contributed by atoms with Crippen LogP contribution >= 0.6 is 0 Å².